The van der Waals surface area contributed by atoms with E-state index in [1.165, 1.54) is 4.90 Å². The maximum absolute atomic E-state index is 11.2. The smallest absolute Gasteiger partial charge is 0.303 e. The molecular formula is C9H18N2O3. The second-order valence-corrected chi connectivity index (χ2v) is 3.52. The van der Waals surface area contributed by atoms with Crippen LogP contribution in [-0.2, 0) is 9.59 Å². The van der Waals surface area contributed by atoms with Gasteiger partial charge in [0.25, 0.3) is 0 Å². The first-order valence-electron chi connectivity index (χ1n) is 4.54. The molecule has 5 nitrogen and oxygen atoms in total. The number of aliphatic carboxylic acids is 1. The summed E-state index contributed by atoms with van der Waals surface area (Å²) in [5.41, 5.74) is 0. The highest BCUT2D eigenvalue weighted by Gasteiger charge is 2.08. The number of carboxylic acids is 1. The second kappa shape index (κ2) is 6.37. The fourth-order valence-electron chi connectivity index (χ4n) is 0.952. The summed E-state index contributed by atoms with van der Waals surface area (Å²) in [4.78, 5) is 24.8. The zero-order valence-electron chi connectivity index (χ0n) is 8.99. The van der Waals surface area contributed by atoms with Gasteiger partial charge >= 0.3 is 5.97 Å². The predicted octanol–water partition coefficient (Wildman–Crippen LogP) is -0.129. The molecule has 0 radical (unpaired) electrons. The van der Waals surface area contributed by atoms with E-state index in [0.29, 0.717) is 19.5 Å². The Morgan fingerprint density at radius 2 is 1.79 bits per heavy atom. The highest BCUT2D eigenvalue weighted by Crippen LogP contribution is 1.93. The minimum absolute atomic E-state index is 0.0304. The number of hydrogen-bond donors (Lipinski definition) is 1. The summed E-state index contributed by atoms with van der Waals surface area (Å²) in [6.45, 7) is 0.971. The first-order chi connectivity index (χ1) is 6.43. The molecule has 0 rings (SSSR count). The van der Waals surface area contributed by atoms with Gasteiger partial charge < -0.3 is 10.0 Å². The normalized spacial score (nSPS) is 10.3. The van der Waals surface area contributed by atoms with E-state index in [1.54, 1.807) is 14.1 Å². The largest absolute Gasteiger partial charge is 0.481 e. The summed E-state index contributed by atoms with van der Waals surface area (Å²) in [5, 5.41) is 8.40. The van der Waals surface area contributed by atoms with Gasteiger partial charge in [0.15, 0.2) is 0 Å². The van der Waals surface area contributed by atoms with E-state index in [0.717, 1.165) is 0 Å². The SMILES string of the molecule is CN(CCCC(=O)O)CC(=O)N(C)C. The first-order valence-corrected chi connectivity index (χ1v) is 4.54. The van der Waals surface area contributed by atoms with Crippen LogP contribution in [0.15, 0.2) is 0 Å². The Morgan fingerprint density at radius 1 is 1.21 bits per heavy atom. The van der Waals surface area contributed by atoms with E-state index in [2.05, 4.69) is 0 Å². The Balaban J connectivity index is 3.60. The van der Waals surface area contributed by atoms with Crippen molar-refractivity contribution in [1.82, 2.24) is 9.80 Å². The molecule has 0 aromatic heterocycles. The molecule has 0 fully saturated rings. The summed E-state index contributed by atoms with van der Waals surface area (Å²) < 4.78 is 0. The number of nitrogens with zero attached hydrogens (tertiary/aromatic N) is 2. The maximum atomic E-state index is 11.2. The Bertz CT molecular complexity index is 204. The average molecular weight is 202 g/mol. The third-order valence-electron chi connectivity index (χ3n) is 1.83. The van der Waals surface area contributed by atoms with Crippen molar-refractivity contribution in [2.24, 2.45) is 0 Å². The van der Waals surface area contributed by atoms with Crippen molar-refractivity contribution in [1.29, 1.82) is 0 Å². The summed E-state index contributed by atoms with van der Waals surface area (Å²) in [6, 6.07) is 0. The van der Waals surface area contributed by atoms with Gasteiger partial charge in [0, 0.05) is 20.5 Å². The molecule has 0 aliphatic carbocycles. The van der Waals surface area contributed by atoms with E-state index in [4.69, 9.17) is 5.11 Å². The maximum Gasteiger partial charge on any atom is 0.303 e. The van der Waals surface area contributed by atoms with Crippen molar-refractivity contribution >= 4 is 11.9 Å². The first kappa shape index (κ1) is 12.9. The number of amides is 1. The third-order valence-corrected chi connectivity index (χ3v) is 1.83. The number of carbonyl (C=O) groups is 2. The van der Waals surface area contributed by atoms with Gasteiger partial charge in [-0.25, -0.2) is 0 Å². The Morgan fingerprint density at radius 3 is 2.21 bits per heavy atom. The number of rotatable bonds is 6. The number of likely N-dealkylation sites (N-methyl/N-ethyl adjacent to an activating group) is 2. The molecule has 1 amide bonds. The van der Waals surface area contributed by atoms with Crippen LogP contribution >= 0.6 is 0 Å². The second-order valence-electron chi connectivity index (χ2n) is 3.52. The number of carbonyl (C=O) groups excluding carboxylic acids is 1. The van der Waals surface area contributed by atoms with E-state index in [9.17, 15) is 9.59 Å². The number of carboxylic acid groups (broad SMARTS) is 1. The van der Waals surface area contributed by atoms with Crippen molar-refractivity contribution in [2.45, 2.75) is 12.8 Å². The van der Waals surface area contributed by atoms with Gasteiger partial charge in [0.05, 0.1) is 6.54 Å². The van der Waals surface area contributed by atoms with Crippen LogP contribution in [0.2, 0.25) is 0 Å². The standard InChI is InChI=1S/C9H18N2O3/c1-10(2)8(12)7-11(3)6-4-5-9(13)14/h4-7H2,1-3H3,(H,13,14). The zero-order chi connectivity index (χ0) is 11.1. The van der Waals surface area contributed by atoms with Crippen LogP contribution in [0.25, 0.3) is 0 Å². The van der Waals surface area contributed by atoms with E-state index < -0.39 is 5.97 Å². The quantitative estimate of drug-likeness (QED) is 0.652. The monoisotopic (exact) mass is 202 g/mol. The molecule has 82 valence electrons. The topological polar surface area (TPSA) is 60.9 Å². The molecular weight excluding hydrogens is 184 g/mol. The zero-order valence-corrected chi connectivity index (χ0v) is 8.99. The summed E-state index contributed by atoms with van der Waals surface area (Å²) in [7, 11) is 5.21. The molecule has 0 saturated heterocycles. The highest BCUT2D eigenvalue weighted by atomic mass is 16.4. The van der Waals surface area contributed by atoms with Crippen molar-refractivity contribution < 1.29 is 14.7 Å². The van der Waals surface area contributed by atoms with Crippen LogP contribution < -0.4 is 0 Å². The van der Waals surface area contributed by atoms with Crippen LogP contribution in [0.1, 0.15) is 12.8 Å². The van der Waals surface area contributed by atoms with Gasteiger partial charge in [-0.1, -0.05) is 0 Å². The van der Waals surface area contributed by atoms with Gasteiger partial charge in [-0.15, -0.1) is 0 Å². The lowest BCUT2D eigenvalue weighted by atomic mass is 10.3. The summed E-state index contributed by atoms with van der Waals surface area (Å²) >= 11 is 0. The van der Waals surface area contributed by atoms with Gasteiger partial charge in [-0.3, -0.25) is 14.5 Å². The fourth-order valence-corrected chi connectivity index (χ4v) is 0.952. The summed E-state index contributed by atoms with van der Waals surface area (Å²) in [5.74, 6) is -0.764. The molecule has 0 spiro atoms. The van der Waals surface area contributed by atoms with E-state index in [-0.39, 0.29) is 12.3 Å². The fraction of sp³-hybridized carbons (Fsp3) is 0.778. The number of hydrogen-bond acceptors (Lipinski definition) is 3. The predicted molar refractivity (Wildman–Crippen MR) is 53.1 cm³/mol. The minimum Gasteiger partial charge on any atom is -0.481 e. The Kier molecular flexibility index (Phi) is 5.87. The molecule has 0 aliphatic heterocycles. The molecule has 0 atom stereocenters. The van der Waals surface area contributed by atoms with Gasteiger partial charge in [0.1, 0.15) is 0 Å². The van der Waals surface area contributed by atoms with Crippen LogP contribution in [0.4, 0.5) is 0 Å². The third kappa shape index (κ3) is 6.42. The molecule has 0 aliphatic rings. The van der Waals surface area contributed by atoms with E-state index >= 15 is 0 Å². The lowest BCUT2D eigenvalue weighted by Gasteiger charge is -2.18. The lowest BCUT2D eigenvalue weighted by molar-refractivity contribution is -0.137. The molecule has 1 N–H and O–H groups in total. The van der Waals surface area contributed by atoms with Crippen LogP contribution in [0, 0.1) is 0 Å². The Labute approximate surface area is 84.3 Å². The molecule has 0 bridgehead atoms. The van der Waals surface area contributed by atoms with Crippen LogP contribution in [-0.4, -0.2) is 61.0 Å². The van der Waals surface area contributed by atoms with Crippen molar-refractivity contribution in [3.05, 3.63) is 0 Å². The molecule has 0 aromatic carbocycles. The molecule has 0 saturated carbocycles. The van der Waals surface area contributed by atoms with Gasteiger partial charge in [-0.2, -0.15) is 0 Å². The molecule has 0 unspecified atom stereocenters. The van der Waals surface area contributed by atoms with E-state index in [1.807, 2.05) is 11.9 Å². The molecule has 0 aromatic rings. The van der Waals surface area contributed by atoms with Crippen LogP contribution in [0.3, 0.4) is 0 Å². The molecule has 0 heterocycles. The van der Waals surface area contributed by atoms with Gasteiger partial charge in [-0.05, 0) is 20.0 Å². The van der Waals surface area contributed by atoms with Crippen molar-refractivity contribution in [3.63, 3.8) is 0 Å². The van der Waals surface area contributed by atoms with Crippen molar-refractivity contribution in [2.75, 3.05) is 34.2 Å². The molecule has 5 heteroatoms. The van der Waals surface area contributed by atoms with Crippen LogP contribution in [0.5, 0.6) is 0 Å². The minimum atomic E-state index is -0.794. The van der Waals surface area contributed by atoms with Crippen molar-refractivity contribution in [3.8, 4) is 0 Å². The highest BCUT2D eigenvalue weighted by molar-refractivity contribution is 5.77. The molecule has 14 heavy (non-hydrogen) atoms. The lowest BCUT2D eigenvalue weighted by Crippen LogP contribution is -2.34. The summed E-state index contributed by atoms with van der Waals surface area (Å²) in [6.07, 6.45) is 0.729. The average Bonchev–Trinajstić information content (AvgIpc) is 2.02. The Hall–Kier alpha value is -1.10. The van der Waals surface area contributed by atoms with Gasteiger partial charge in [0.2, 0.25) is 5.91 Å².